The van der Waals surface area contributed by atoms with Crippen molar-refractivity contribution in [3.05, 3.63) is 35.5 Å². The zero-order valence-electron chi connectivity index (χ0n) is 7.55. The Kier molecular flexibility index (Phi) is 2.43. The average Bonchev–Trinajstić information content (AvgIpc) is 2.60. The third-order valence-electron chi connectivity index (χ3n) is 2.25. The highest BCUT2D eigenvalue weighted by molar-refractivity contribution is 6.18. The van der Waals surface area contributed by atoms with Crippen LogP contribution in [-0.2, 0) is 6.42 Å². The maximum absolute atomic E-state index is 8.85. The van der Waals surface area contributed by atoms with Gasteiger partial charge in [0, 0.05) is 23.0 Å². The number of alkyl halides is 1. The first kappa shape index (κ1) is 9.11. The first-order valence-corrected chi connectivity index (χ1v) is 4.94. The van der Waals surface area contributed by atoms with Crippen molar-refractivity contribution < 1.29 is 0 Å². The van der Waals surface area contributed by atoms with Gasteiger partial charge in [0.15, 0.2) is 0 Å². The largest absolute Gasteiger partial charge is 0.360 e. The normalized spacial score (nSPS) is 10.3. The Morgan fingerprint density at radius 1 is 1.43 bits per heavy atom. The molecule has 1 aromatic carbocycles. The SMILES string of the molecule is N#Cc1c[nH]c2ccc(CCCl)cc12. The number of aromatic nitrogens is 1. The molecular weight excluding hydrogens is 196 g/mol. The van der Waals surface area contributed by atoms with Gasteiger partial charge in [0.1, 0.15) is 6.07 Å². The fourth-order valence-corrected chi connectivity index (χ4v) is 1.74. The number of benzene rings is 1. The number of fused-ring (bicyclic) bond motifs is 1. The molecule has 2 aromatic rings. The molecule has 2 nitrogen and oxygen atoms in total. The second-order valence-corrected chi connectivity index (χ2v) is 3.51. The van der Waals surface area contributed by atoms with E-state index in [2.05, 4.69) is 11.1 Å². The number of hydrogen-bond donors (Lipinski definition) is 1. The number of aryl methyl sites for hydroxylation is 1. The summed E-state index contributed by atoms with van der Waals surface area (Å²) in [5.41, 5.74) is 2.86. The van der Waals surface area contributed by atoms with E-state index in [1.54, 1.807) is 6.20 Å². The zero-order chi connectivity index (χ0) is 9.97. The molecule has 1 aromatic heterocycles. The minimum Gasteiger partial charge on any atom is -0.360 e. The molecule has 3 heteroatoms. The van der Waals surface area contributed by atoms with Gasteiger partial charge in [0.05, 0.1) is 5.56 Å². The van der Waals surface area contributed by atoms with Crippen LogP contribution in [0.3, 0.4) is 0 Å². The van der Waals surface area contributed by atoms with Crippen molar-refractivity contribution in [1.29, 1.82) is 5.26 Å². The summed E-state index contributed by atoms with van der Waals surface area (Å²) in [6.07, 6.45) is 2.57. The van der Waals surface area contributed by atoms with E-state index in [-0.39, 0.29) is 0 Å². The summed E-state index contributed by atoms with van der Waals surface area (Å²) in [4.78, 5) is 3.05. The summed E-state index contributed by atoms with van der Waals surface area (Å²) in [5, 5.41) is 9.83. The summed E-state index contributed by atoms with van der Waals surface area (Å²) in [6, 6.07) is 8.19. The molecule has 0 unspecified atom stereocenters. The summed E-state index contributed by atoms with van der Waals surface area (Å²) >= 11 is 5.66. The monoisotopic (exact) mass is 204 g/mol. The molecule has 0 saturated heterocycles. The molecule has 2 rings (SSSR count). The van der Waals surface area contributed by atoms with Crippen molar-refractivity contribution in [2.45, 2.75) is 6.42 Å². The van der Waals surface area contributed by atoms with Crippen LogP contribution in [-0.4, -0.2) is 10.9 Å². The lowest BCUT2D eigenvalue weighted by Gasteiger charge is -1.97. The molecule has 0 aliphatic carbocycles. The lowest BCUT2D eigenvalue weighted by atomic mass is 10.1. The number of rotatable bonds is 2. The van der Waals surface area contributed by atoms with E-state index in [1.807, 2.05) is 18.2 Å². The molecular formula is C11H9ClN2. The van der Waals surface area contributed by atoms with Gasteiger partial charge >= 0.3 is 0 Å². The van der Waals surface area contributed by atoms with Crippen molar-refractivity contribution in [3.63, 3.8) is 0 Å². The predicted molar refractivity (Wildman–Crippen MR) is 57.4 cm³/mol. The molecule has 0 atom stereocenters. The third-order valence-corrected chi connectivity index (χ3v) is 2.44. The number of nitriles is 1. The quantitative estimate of drug-likeness (QED) is 0.751. The van der Waals surface area contributed by atoms with E-state index in [9.17, 15) is 0 Å². The highest BCUT2D eigenvalue weighted by Gasteiger charge is 2.03. The van der Waals surface area contributed by atoms with Gasteiger partial charge in [-0.25, -0.2) is 0 Å². The maximum Gasteiger partial charge on any atom is 0.101 e. The van der Waals surface area contributed by atoms with Gasteiger partial charge in [-0.3, -0.25) is 0 Å². The Morgan fingerprint density at radius 2 is 2.29 bits per heavy atom. The van der Waals surface area contributed by atoms with Gasteiger partial charge in [0.25, 0.3) is 0 Å². The van der Waals surface area contributed by atoms with Gasteiger partial charge in [0.2, 0.25) is 0 Å². The zero-order valence-corrected chi connectivity index (χ0v) is 8.30. The molecule has 0 radical (unpaired) electrons. The van der Waals surface area contributed by atoms with E-state index in [0.29, 0.717) is 11.4 Å². The lowest BCUT2D eigenvalue weighted by molar-refractivity contribution is 1.16. The topological polar surface area (TPSA) is 39.6 Å². The van der Waals surface area contributed by atoms with Gasteiger partial charge in [-0.1, -0.05) is 6.07 Å². The summed E-state index contributed by atoms with van der Waals surface area (Å²) in [5.74, 6) is 0.609. The number of nitrogens with one attached hydrogen (secondary N) is 1. The number of hydrogen-bond acceptors (Lipinski definition) is 1. The Balaban J connectivity index is 2.57. The average molecular weight is 205 g/mol. The highest BCUT2D eigenvalue weighted by Crippen LogP contribution is 2.19. The number of nitrogens with zero attached hydrogens (tertiary/aromatic N) is 1. The van der Waals surface area contributed by atoms with E-state index >= 15 is 0 Å². The molecule has 0 aliphatic heterocycles. The van der Waals surface area contributed by atoms with E-state index in [0.717, 1.165) is 17.3 Å². The first-order valence-electron chi connectivity index (χ1n) is 4.41. The van der Waals surface area contributed by atoms with Crippen molar-refractivity contribution >= 4 is 22.5 Å². The van der Waals surface area contributed by atoms with Crippen LogP contribution < -0.4 is 0 Å². The second kappa shape index (κ2) is 3.73. The van der Waals surface area contributed by atoms with Crippen LogP contribution in [0.1, 0.15) is 11.1 Å². The first-order chi connectivity index (χ1) is 6.85. The number of halogens is 1. The molecule has 0 fully saturated rings. The fraction of sp³-hybridized carbons (Fsp3) is 0.182. The molecule has 0 aliphatic rings. The maximum atomic E-state index is 8.85. The van der Waals surface area contributed by atoms with Crippen molar-refractivity contribution in [2.24, 2.45) is 0 Å². The fourth-order valence-electron chi connectivity index (χ4n) is 1.52. The minimum atomic E-state index is 0.609. The van der Waals surface area contributed by atoms with Crippen LogP contribution in [0.2, 0.25) is 0 Å². The molecule has 70 valence electrons. The van der Waals surface area contributed by atoms with E-state index < -0.39 is 0 Å². The smallest absolute Gasteiger partial charge is 0.101 e. The van der Waals surface area contributed by atoms with Crippen LogP contribution in [0.25, 0.3) is 10.9 Å². The Labute approximate surface area is 87.1 Å². The highest BCUT2D eigenvalue weighted by atomic mass is 35.5. The van der Waals surface area contributed by atoms with Crippen LogP contribution in [0, 0.1) is 11.3 Å². The van der Waals surface area contributed by atoms with Crippen LogP contribution >= 0.6 is 11.6 Å². The second-order valence-electron chi connectivity index (χ2n) is 3.13. The molecule has 0 saturated carbocycles. The molecule has 0 bridgehead atoms. The van der Waals surface area contributed by atoms with Crippen molar-refractivity contribution in [1.82, 2.24) is 4.98 Å². The van der Waals surface area contributed by atoms with Crippen molar-refractivity contribution in [3.8, 4) is 6.07 Å². The lowest BCUT2D eigenvalue weighted by Crippen LogP contribution is -1.85. The Hall–Kier alpha value is -1.46. The van der Waals surface area contributed by atoms with Gasteiger partial charge in [-0.05, 0) is 24.1 Å². The van der Waals surface area contributed by atoms with Gasteiger partial charge in [-0.2, -0.15) is 5.26 Å². The number of H-pyrrole nitrogens is 1. The summed E-state index contributed by atoms with van der Waals surface area (Å²) in [6.45, 7) is 0. The summed E-state index contributed by atoms with van der Waals surface area (Å²) in [7, 11) is 0. The van der Waals surface area contributed by atoms with Crippen molar-refractivity contribution in [2.75, 3.05) is 5.88 Å². The Morgan fingerprint density at radius 3 is 3.00 bits per heavy atom. The predicted octanol–water partition coefficient (Wildman–Crippen LogP) is 2.82. The van der Waals surface area contributed by atoms with Gasteiger partial charge in [-0.15, -0.1) is 11.6 Å². The third kappa shape index (κ3) is 1.47. The Bertz CT molecular complexity index is 493. The summed E-state index contributed by atoms with van der Waals surface area (Å²) < 4.78 is 0. The van der Waals surface area contributed by atoms with E-state index in [1.165, 1.54) is 5.56 Å². The minimum absolute atomic E-state index is 0.609. The molecule has 1 N–H and O–H groups in total. The van der Waals surface area contributed by atoms with E-state index in [4.69, 9.17) is 16.9 Å². The standard InChI is InChI=1S/C11H9ClN2/c12-4-3-8-1-2-11-10(5-8)9(6-13)7-14-11/h1-2,5,7,14H,3-4H2. The molecule has 0 amide bonds. The van der Waals surface area contributed by atoms with Crippen LogP contribution in [0.15, 0.2) is 24.4 Å². The molecule has 14 heavy (non-hydrogen) atoms. The molecule has 0 spiro atoms. The van der Waals surface area contributed by atoms with Gasteiger partial charge < -0.3 is 4.98 Å². The van der Waals surface area contributed by atoms with Crippen LogP contribution in [0.4, 0.5) is 0 Å². The number of aromatic amines is 1. The molecule has 1 heterocycles. The van der Waals surface area contributed by atoms with Crippen LogP contribution in [0.5, 0.6) is 0 Å².